The van der Waals surface area contributed by atoms with Crippen LogP contribution in [0.4, 0.5) is 18.9 Å². The molecule has 0 saturated carbocycles. The Kier molecular flexibility index (Phi) is 4.19. The van der Waals surface area contributed by atoms with Crippen LogP contribution in [-0.4, -0.2) is 13.5 Å². The molecule has 0 aliphatic carbocycles. The van der Waals surface area contributed by atoms with Crippen LogP contribution in [0.2, 0.25) is 0 Å². The SMILES string of the molecule is O=S(=O)(Nc1cc(F)cc(F)c1)c1cc(F)ccc1CO. The van der Waals surface area contributed by atoms with Gasteiger partial charge in [0.15, 0.2) is 0 Å². The van der Waals surface area contributed by atoms with E-state index < -0.39 is 39.0 Å². The van der Waals surface area contributed by atoms with Crippen LogP contribution < -0.4 is 4.72 Å². The smallest absolute Gasteiger partial charge is 0.262 e. The zero-order valence-corrected chi connectivity index (χ0v) is 11.3. The number of hydrogen-bond donors (Lipinski definition) is 2. The molecule has 0 bridgehead atoms. The Hall–Kier alpha value is -2.06. The minimum absolute atomic E-state index is 0.0409. The predicted molar refractivity (Wildman–Crippen MR) is 69.5 cm³/mol. The maximum absolute atomic E-state index is 13.2. The first-order chi connectivity index (χ1) is 9.81. The molecule has 0 saturated heterocycles. The second-order valence-electron chi connectivity index (χ2n) is 4.17. The van der Waals surface area contributed by atoms with Gasteiger partial charge in [0.1, 0.15) is 17.5 Å². The zero-order chi connectivity index (χ0) is 15.6. The summed E-state index contributed by atoms with van der Waals surface area (Å²) >= 11 is 0. The molecule has 0 heterocycles. The number of hydrogen-bond acceptors (Lipinski definition) is 3. The Morgan fingerprint density at radius 3 is 2.14 bits per heavy atom. The van der Waals surface area contributed by atoms with Gasteiger partial charge in [0.2, 0.25) is 0 Å². The standard InChI is InChI=1S/C13H10F3NO3S/c14-9-2-1-8(7-18)13(6-9)21(19,20)17-12-4-10(15)3-11(16)5-12/h1-6,17-18H,7H2. The lowest BCUT2D eigenvalue weighted by atomic mass is 10.2. The van der Waals surface area contributed by atoms with Crippen molar-refractivity contribution in [1.29, 1.82) is 0 Å². The van der Waals surface area contributed by atoms with Crippen LogP contribution in [-0.2, 0) is 16.6 Å². The number of aliphatic hydroxyl groups excluding tert-OH is 1. The Labute approximate surface area is 118 Å². The molecule has 0 aliphatic rings. The van der Waals surface area contributed by atoms with Gasteiger partial charge < -0.3 is 5.11 Å². The summed E-state index contributed by atoms with van der Waals surface area (Å²) < 4.78 is 65.4. The van der Waals surface area contributed by atoms with Gasteiger partial charge in [-0.05, 0) is 29.8 Å². The average molecular weight is 317 g/mol. The molecule has 8 heteroatoms. The molecule has 0 unspecified atom stereocenters. The van der Waals surface area contributed by atoms with Crippen molar-refractivity contribution in [2.24, 2.45) is 0 Å². The number of aliphatic hydroxyl groups is 1. The fourth-order valence-electron chi connectivity index (χ4n) is 1.73. The molecule has 4 nitrogen and oxygen atoms in total. The predicted octanol–water partition coefficient (Wildman–Crippen LogP) is 2.40. The summed E-state index contributed by atoms with van der Waals surface area (Å²) in [5, 5.41) is 9.09. The molecule has 2 aromatic carbocycles. The van der Waals surface area contributed by atoms with Crippen LogP contribution in [0.1, 0.15) is 5.56 Å². The van der Waals surface area contributed by atoms with E-state index in [0.29, 0.717) is 12.1 Å². The van der Waals surface area contributed by atoms with Gasteiger partial charge in [0.05, 0.1) is 17.2 Å². The van der Waals surface area contributed by atoms with Gasteiger partial charge in [-0.3, -0.25) is 4.72 Å². The molecule has 0 aromatic heterocycles. The highest BCUT2D eigenvalue weighted by Gasteiger charge is 2.20. The quantitative estimate of drug-likeness (QED) is 0.910. The van der Waals surface area contributed by atoms with E-state index >= 15 is 0 Å². The van der Waals surface area contributed by atoms with E-state index in [-0.39, 0.29) is 11.3 Å². The van der Waals surface area contributed by atoms with Crippen LogP contribution in [0, 0.1) is 17.5 Å². The van der Waals surface area contributed by atoms with E-state index in [9.17, 15) is 21.6 Å². The Bertz CT molecular complexity index is 758. The van der Waals surface area contributed by atoms with Gasteiger partial charge in [-0.15, -0.1) is 0 Å². The summed E-state index contributed by atoms with van der Waals surface area (Å²) in [5.74, 6) is -2.75. The first-order valence-electron chi connectivity index (χ1n) is 5.70. The van der Waals surface area contributed by atoms with Gasteiger partial charge in [-0.1, -0.05) is 6.07 Å². The fraction of sp³-hybridized carbons (Fsp3) is 0.0769. The van der Waals surface area contributed by atoms with E-state index in [1.54, 1.807) is 0 Å². The fourth-order valence-corrected chi connectivity index (χ4v) is 3.02. The molecule has 0 radical (unpaired) electrons. The maximum atomic E-state index is 13.2. The zero-order valence-electron chi connectivity index (χ0n) is 10.5. The summed E-state index contributed by atoms with van der Waals surface area (Å²) in [6.45, 7) is -0.631. The third kappa shape index (κ3) is 3.53. The van der Waals surface area contributed by atoms with Crippen molar-refractivity contribution in [3.8, 4) is 0 Å². The Morgan fingerprint density at radius 2 is 1.57 bits per heavy atom. The van der Waals surface area contributed by atoms with Crippen LogP contribution in [0.15, 0.2) is 41.3 Å². The number of nitrogens with one attached hydrogen (secondary N) is 1. The van der Waals surface area contributed by atoms with Gasteiger partial charge in [0.25, 0.3) is 10.0 Å². The number of halogens is 3. The van der Waals surface area contributed by atoms with Crippen molar-refractivity contribution in [2.75, 3.05) is 4.72 Å². The highest BCUT2D eigenvalue weighted by Crippen LogP contribution is 2.22. The summed E-state index contributed by atoms with van der Waals surface area (Å²) in [6, 6.07) is 4.95. The van der Waals surface area contributed by atoms with Crippen molar-refractivity contribution in [1.82, 2.24) is 0 Å². The van der Waals surface area contributed by atoms with Crippen molar-refractivity contribution in [2.45, 2.75) is 11.5 Å². The van der Waals surface area contributed by atoms with Gasteiger partial charge in [-0.2, -0.15) is 0 Å². The number of benzene rings is 2. The molecule has 0 amide bonds. The largest absolute Gasteiger partial charge is 0.392 e. The lowest BCUT2D eigenvalue weighted by molar-refractivity contribution is 0.278. The lowest BCUT2D eigenvalue weighted by Gasteiger charge is -2.11. The molecular weight excluding hydrogens is 307 g/mol. The lowest BCUT2D eigenvalue weighted by Crippen LogP contribution is -2.15. The van der Waals surface area contributed by atoms with Crippen LogP contribution in [0.3, 0.4) is 0 Å². The molecule has 0 aliphatic heterocycles. The molecule has 0 spiro atoms. The number of sulfonamides is 1. The average Bonchev–Trinajstić information content (AvgIpc) is 2.36. The van der Waals surface area contributed by atoms with Crippen molar-refractivity contribution >= 4 is 15.7 Å². The van der Waals surface area contributed by atoms with Crippen molar-refractivity contribution < 1.29 is 26.7 Å². The van der Waals surface area contributed by atoms with Crippen LogP contribution in [0.25, 0.3) is 0 Å². The number of rotatable bonds is 4. The molecule has 0 atom stereocenters. The molecule has 21 heavy (non-hydrogen) atoms. The molecule has 2 N–H and O–H groups in total. The second-order valence-corrected chi connectivity index (χ2v) is 5.82. The van der Waals surface area contributed by atoms with Gasteiger partial charge in [-0.25, -0.2) is 21.6 Å². The van der Waals surface area contributed by atoms with Crippen molar-refractivity contribution in [3.05, 3.63) is 59.4 Å². The van der Waals surface area contributed by atoms with E-state index in [2.05, 4.69) is 0 Å². The summed E-state index contributed by atoms with van der Waals surface area (Å²) in [5.41, 5.74) is -0.388. The third-order valence-corrected chi connectivity index (χ3v) is 4.07. The number of anilines is 1. The molecule has 2 rings (SSSR count). The van der Waals surface area contributed by atoms with E-state index in [4.69, 9.17) is 5.11 Å². The molecule has 2 aromatic rings. The minimum Gasteiger partial charge on any atom is -0.392 e. The van der Waals surface area contributed by atoms with E-state index in [1.807, 2.05) is 4.72 Å². The van der Waals surface area contributed by atoms with Gasteiger partial charge >= 0.3 is 0 Å². The van der Waals surface area contributed by atoms with Crippen molar-refractivity contribution in [3.63, 3.8) is 0 Å². The molecule has 0 fully saturated rings. The topological polar surface area (TPSA) is 66.4 Å². The summed E-state index contributed by atoms with van der Waals surface area (Å²) in [4.78, 5) is -0.505. The van der Waals surface area contributed by atoms with Gasteiger partial charge in [0, 0.05) is 6.07 Å². The highest BCUT2D eigenvalue weighted by atomic mass is 32.2. The second kappa shape index (κ2) is 5.74. The summed E-state index contributed by atoms with van der Waals surface area (Å²) in [6.07, 6.45) is 0. The third-order valence-electron chi connectivity index (χ3n) is 2.60. The van der Waals surface area contributed by atoms with Crippen LogP contribution in [0.5, 0.6) is 0 Å². The first kappa shape index (κ1) is 15.3. The molecular formula is C13H10F3NO3S. The monoisotopic (exact) mass is 317 g/mol. The normalized spacial score (nSPS) is 11.4. The summed E-state index contributed by atoms with van der Waals surface area (Å²) in [7, 11) is -4.30. The highest BCUT2D eigenvalue weighted by molar-refractivity contribution is 7.92. The van der Waals surface area contributed by atoms with E-state index in [0.717, 1.165) is 24.3 Å². The Morgan fingerprint density at radius 1 is 0.952 bits per heavy atom. The Balaban J connectivity index is 2.45. The first-order valence-corrected chi connectivity index (χ1v) is 7.18. The molecule has 112 valence electrons. The minimum atomic E-state index is -4.30. The van der Waals surface area contributed by atoms with Crippen LogP contribution >= 0.6 is 0 Å². The van der Waals surface area contributed by atoms with E-state index in [1.165, 1.54) is 0 Å². The maximum Gasteiger partial charge on any atom is 0.262 e.